The first-order chi connectivity index (χ1) is 10.5. The van der Waals surface area contributed by atoms with E-state index in [1.807, 2.05) is 12.1 Å². The molecule has 1 saturated heterocycles. The van der Waals surface area contributed by atoms with Crippen LogP contribution in [0.2, 0.25) is 5.02 Å². The molecule has 6 nitrogen and oxygen atoms in total. The Kier molecular flexibility index (Phi) is 4.08. The minimum atomic E-state index is -0.957. The minimum absolute atomic E-state index is 0.0153. The van der Waals surface area contributed by atoms with Gasteiger partial charge in [-0.15, -0.1) is 10.2 Å². The number of carbonyl (C=O) groups is 2. The van der Waals surface area contributed by atoms with Crippen LogP contribution in [0.3, 0.4) is 0 Å². The second kappa shape index (κ2) is 6.02. The first-order valence-corrected chi connectivity index (χ1v) is 7.82. The number of hydrogen-bond donors (Lipinski definition) is 1. The summed E-state index contributed by atoms with van der Waals surface area (Å²) in [6.07, 6.45) is 0.612. The molecule has 0 spiro atoms. The van der Waals surface area contributed by atoms with Crippen LogP contribution < -0.4 is 4.90 Å². The van der Waals surface area contributed by atoms with Gasteiger partial charge in [-0.25, -0.2) is 0 Å². The van der Waals surface area contributed by atoms with Crippen LogP contribution in [0.15, 0.2) is 24.3 Å². The van der Waals surface area contributed by atoms with Crippen molar-refractivity contribution >= 4 is 39.9 Å². The fourth-order valence-electron chi connectivity index (χ4n) is 2.26. The van der Waals surface area contributed by atoms with Crippen LogP contribution in [0.5, 0.6) is 0 Å². The standard InChI is InChI=1S/C14H12ClN3O3S/c15-10-3-1-8(2-4-10)5-11-16-17-14(22-11)18-7-9(13(20)21)6-12(18)19/h1-4,9H,5-7H2,(H,20,21). The number of nitrogens with zero attached hydrogens (tertiary/aromatic N) is 3. The summed E-state index contributed by atoms with van der Waals surface area (Å²) in [5.74, 6) is -1.85. The highest BCUT2D eigenvalue weighted by Gasteiger charge is 2.36. The van der Waals surface area contributed by atoms with Crippen molar-refractivity contribution in [2.75, 3.05) is 11.4 Å². The Bertz CT molecular complexity index is 716. The number of aromatic nitrogens is 2. The van der Waals surface area contributed by atoms with Crippen molar-refractivity contribution in [3.63, 3.8) is 0 Å². The van der Waals surface area contributed by atoms with Crippen molar-refractivity contribution in [1.82, 2.24) is 10.2 Å². The zero-order valence-corrected chi connectivity index (χ0v) is 13.0. The third-order valence-corrected chi connectivity index (χ3v) is 4.63. The number of halogens is 1. The molecule has 0 aliphatic carbocycles. The van der Waals surface area contributed by atoms with Crippen molar-refractivity contribution in [2.45, 2.75) is 12.8 Å². The second-order valence-corrected chi connectivity index (χ2v) is 6.50. The minimum Gasteiger partial charge on any atom is -0.481 e. The van der Waals surface area contributed by atoms with Gasteiger partial charge in [-0.1, -0.05) is 35.1 Å². The van der Waals surface area contributed by atoms with Gasteiger partial charge in [-0.2, -0.15) is 0 Å². The molecule has 1 aromatic carbocycles. The molecule has 3 rings (SSSR count). The first kappa shape index (κ1) is 14.9. The van der Waals surface area contributed by atoms with Gasteiger partial charge in [0.2, 0.25) is 11.0 Å². The lowest BCUT2D eigenvalue weighted by molar-refractivity contribution is -0.141. The molecule has 1 N–H and O–H groups in total. The summed E-state index contributed by atoms with van der Waals surface area (Å²) < 4.78 is 0. The molecule has 2 heterocycles. The Balaban J connectivity index is 1.72. The van der Waals surface area contributed by atoms with E-state index in [4.69, 9.17) is 16.7 Å². The summed E-state index contributed by atoms with van der Waals surface area (Å²) in [6.45, 7) is 0.156. The number of carboxylic acids is 1. The van der Waals surface area contributed by atoms with Crippen LogP contribution in [0, 0.1) is 5.92 Å². The second-order valence-electron chi connectivity index (χ2n) is 5.03. The van der Waals surface area contributed by atoms with E-state index in [0.29, 0.717) is 16.6 Å². The van der Waals surface area contributed by atoms with Crippen LogP contribution in [-0.4, -0.2) is 33.7 Å². The van der Waals surface area contributed by atoms with Crippen molar-refractivity contribution in [3.05, 3.63) is 39.9 Å². The largest absolute Gasteiger partial charge is 0.481 e. The van der Waals surface area contributed by atoms with Crippen LogP contribution in [0.25, 0.3) is 0 Å². The lowest BCUT2D eigenvalue weighted by Crippen LogP contribution is -2.25. The number of rotatable bonds is 4. The number of amides is 1. The Morgan fingerprint density at radius 3 is 2.73 bits per heavy atom. The molecule has 1 aliphatic heterocycles. The number of benzene rings is 1. The van der Waals surface area contributed by atoms with Crippen LogP contribution >= 0.6 is 22.9 Å². The smallest absolute Gasteiger partial charge is 0.308 e. The van der Waals surface area contributed by atoms with Crippen LogP contribution in [0.4, 0.5) is 5.13 Å². The molecular formula is C14H12ClN3O3S. The van der Waals surface area contributed by atoms with Crippen molar-refractivity contribution in [2.24, 2.45) is 5.92 Å². The predicted molar refractivity (Wildman–Crippen MR) is 82.3 cm³/mol. The summed E-state index contributed by atoms with van der Waals surface area (Å²) in [7, 11) is 0. The van der Waals surface area contributed by atoms with Gasteiger partial charge < -0.3 is 5.11 Å². The number of hydrogen-bond acceptors (Lipinski definition) is 5. The highest BCUT2D eigenvalue weighted by Crippen LogP contribution is 2.28. The molecule has 1 aliphatic rings. The number of anilines is 1. The Labute approximate surface area is 135 Å². The molecule has 1 atom stereocenters. The molecule has 114 valence electrons. The summed E-state index contributed by atoms with van der Waals surface area (Å²) in [6, 6.07) is 7.43. The third-order valence-electron chi connectivity index (χ3n) is 3.43. The monoisotopic (exact) mass is 337 g/mol. The van der Waals surface area contributed by atoms with Gasteiger partial charge in [0.15, 0.2) is 0 Å². The summed E-state index contributed by atoms with van der Waals surface area (Å²) >= 11 is 7.15. The summed E-state index contributed by atoms with van der Waals surface area (Å²) in [5, 5.41) is 19.0. The lowest BCUT2D eigenvalue weighted by Gasteiger charge is -2.10. The third kappa shape index (κ3) is 3.10. The van der Waals surface area contributed by atoms with E-state index in [9.17, 15) is 9.59 Å². The molecule has 0 saturated carbocycles. The van der Waals surface area contributed by atoms with Crippen molar-refractivity contribution in [1.29, 1.82) is 0 Å². The molecule has 1 unspecified atom stereocenters. The van der Waals surface area contributed by atoms with Gasteiger partial charge in [-0.3, -0.25) is 14.5 Å². The fourth-order valence-corrected chi connectivity index (χ4v) is 3.29. The molecule has 0 bridgehead atoms. The van der Waals surface area contributed by atoms with Crippen molar-refractivity contribution in [3.8, 4) is 0 Å². The van der Waals surface area contributed by atoms with E-state index >= 15 is 0 Å². The summed E-state index contributed by atoms with van der Waals surface area (Å²) in [4.78, 5) is 24.3. The Hall–Kier alpha value is -1.99. The molecule has 1 aromatic heterocycles. The summed E-state index contributed by atoms with van der Waals surface area (Å²) in [5.41, 5.74) is 1.04. The Morgan fingerprint density at radius 2 is 2.09 bits per heavy atom. The molecule has 8 heteroatoms. The van der Waals surface area contributed by atoms with E-state index < -0.39 is 11.9 Å². The highest BCUT2D eigenvalue weighted by atomic mass is 35.5. The maximum Gasteiger partial charge on any atom is 0.308 e. The predicted octanol–water partition coefficient (Wildman–Crippen LogP) is 2.22. The van der Waals surface area contributed by atoms with E-state index in [0.717, 1.165) is 10.6 Å². The average molecular weight is 338 g/mol. The van der Waals surface area contributed by atoms with Gasteiger partial charge in [0, 0.05) is 24.4 Å². The zero-order valence-electron chi connectivity index (χ0n) is 11.4. The van der Waals surface area contributed by atoms with Crippen molar-refractivity contribution < 1.29 is 14.7 Å². The van der Waals surface area contributed by atoms with Crippen LogP contribution in [-0.2, 0) is 16.0 Å². The molecular weight excluding hydrogens is 326 g/mol. The average Bonchev–Trinajstić information content (AvgIpc) is 3.08. The van der Waals surface area contributed by atoms with Gasteiger partial charge in [0.05, 0.1) is 5.92 Å². The van der Waals surface area contributed by atoms with Crippen LogP contribution in [0.1, 0.15) is 17.0 Å². The van der Waals surface area contributed by atoms with Gasteiger partial charge in [0.1, 0.15) is 5.01 Å². The molecule has 22 heavy (non-hydrogen) atoms. The van der Waals surface area contributed by atoms with E-state index in [2.05, 4.69) is 10.2 Å². The molecule has 1 amide bonds. The zero-order chi connectivity index (χ0) is 15.7. The quantitative estimate of drug-likeness (QED) is 0.924. The van der Waals surface area contributed by atoms with E-state index in [-0.39, 0.29) is 18.9 Å². The maximum atomic E-state index is 11.9. The van der Waals surface area contributed by atoms with Gasteiger partial charge in [-0.05, 0) is 17.7 Å². The first-order valence-electron chi connectivity index (χ1n) is 6.63. The van der Waals surface area contributed by atoms with E-state index in [1.165, 1.54) is 16.2 Å². The highest BCUT2D eigenvalue weighted by molar-refractivity contribution is 7.15. The number of carboxylic acid groups (broad SMARTS) is 1. The fraction of sp³-hybridized carbons (Fsp3) is 0.286. The Morgan fingerprint density at radius 1 is 1.36 bits per heavy atom. The SMILES string of the molecule is O=C(O)C1CC(=O)N(c2nnc(Cc3ccc(Cl)cc3)s2)C1. The van der Waals surface area contributed by atoms with Gasteiger partial charge in [0.25, 0.3) is 0 Å². The lowest BCUT2D eigenvalue weighted by atomic mass is 10.1. The molecule has 0 radical (unpaired) electrons. The number of carbonyl (C=O) groups excluding carboxylic acids is 1. The van der Waals surface area contributed by atoms with E-state index in [1.54, 1.807) is 12.1 Å². The molecule has 2 aromatic rings. The molecule has 1 fully saturated rings. The topological polar surface area (TPSA) is 83.4 Å². The normalized spacial score (nSPS) is 18.0. The van der Waals surface area contributed by atoms with Gasteiger partial charge >= 0.3 is 5.97 Å². The number of aliphatic carboxylic acids is 1. The maximum absolute atomic E-state index is 11.9.